The number of fused-ring (bicyclic) bond motifs is 2. The number of ketones is 1. The van der Waals surface area contributed by atoms with Gasteiger partial charge in [0, 0.05) is 18.2 Å². The van der Waals surface area contributed by atoms with Crippen molar-refractivity contribution in [1.29, 1.82) is 0 Å². The number of Topliss-reactive ketones (excluding diaryl/α,β-unsaturated/α-hetero) is 1. The zero-order valence-corrected chi connectivity index (χ0v) is 13.8. The van der Waals surface area contributed by atoms with Crippen LogP contribution in [-0.2, 0) is 6.42 Å². The Hall–Kier alpha value is -3.08. The number of carbonyl (C=O) groups is 2. The summed E-state index contributed by atoms with van der Waals surface area (Å²) in [6.07, 6.45) is 2.77. The van der Waals surface area contributed by atoms with E-state index in [2.05, 4.69) is 15.3 Å². The van der Waals surface area contributed by atoms with Gasteiger partial charge in [0.05, 0.1) is 11.3 Å². The van der Waals surface area contributed by atoms with Crippen molar-refractivity contribution in [3.05, 3.63) is 65.5 Å². The Balaban J connectivity index is 1.65. The Kier molecular flexibility index (Phi) is 3.76. The molecule has 25 heavy (non-hydrogen) atoms. The Morgan fingerprint density at radius 1 is 1.12 bits per heavy atom. The first-order valence-electron chi connectivity index (χ1n) is 8.30. The fourth-order valence-corrected chi connectivity index (χ4v) is 3.29. The third kappa shape index (κ3) is 2.89. The Morgan fingerprint density at radius 2 is 1.92 bits per heavy atom. The van der Waals surface area contributed by atoms with Crippen LogP contribution in [0.25, 0.3) is 10.8 Å². The predicted molar refractivity (Wildman–Crippen MR) is 95.7 cm³/mol. The molecule has 1 aromatic heterocycles. The van der Waals surface area contributed by atoms with Crippen LogP contribution in [0.3, 0.4) is 0 Å². The molecule has 0 aliphatic heterocycles. The minimum atomic E-state index is -0.257. The molecule has 2 aromatic carbocycles. The van der Waals surface area contributed by atoms with Crippen molar-refractivity contribution in [3.63, 3.8) is 0 Å². The van der Waals surface area contributed by atoms with E-state index in [0.717, 1.165) is 17.2 Å². The number of hydrogen-bond donors (Lipinski definition) is 1. The molecule has 1 atom stereocenters. The summed E-state index contributed by atoms with van der Waals surface area (Å²) in [6.45, 7) is 2.03. The largest absolute Gasteiger partial charge is 0.294 e. The van der Waals surface area contributed by atoms with Crippen molar-refractivity contribution in [2.24, 2.45) is 5.92 Å². The standard InChI is InChI=1S/C20H17N3O2/c1-12-9-17-16(18(24)10-12)11-21-20(22-17)23-19(25)15-8-4-6-13-5-2-3-7-14(13)15/h2-8,11-12H,9-10H2,1H3,(H,21,22,23,25)/t12-/m1/s1. The van der Waals surface area contributed by atoms with Crippen molar-refractivity contribution in [2.45, 2.75) is 19.8 Å². The monoisotopic (exact) mass is 331 g/mol. The van der Waals surface area contributed by atoms with Crippen LogP contribution in [0.5, 0.6) is 0 Å². The maximum atomic E-state index is 12.7. The van der Waals surface area contributed by atoms with E-state index in [1.165, 1.54) is 6.20 Å². The average molecular weight is 331 g/mol. The Labute approximate surface area is 145 Å². The minimum absolute atomic E-state index is 0.0701. The fraction of sp³-hybridized carbons (Fsp3) is 0.200. The number of amides is 1. The smallest absolute Gasteiger partial charge is 0.258 e. The lowest BCUT2D eigenvalue weighted by molar-refractivity contribution is 0.0951. The van der Waals surface area contributed by atoms with Gasteiger partial charge in [-0.25, -0.2) is 9.97 Å². The van der Waals surface area contributed by atoms with Crippen LogP contribution in [0.1, 0.15) is 39.8 Å². The highest BCUT2D eigenvalue weighted by Crippen LogP contribution is 2.24. The summed E-state index contributed by atoms with van der Waals surface area (Å²) in [5.41, 5.74) is 1.86. The van der Waals surface area contributed by atoms with Crippen LogP contribution >= 0.6 is 0 Å². The van der Waals surface area contributed by atoms with Gasteiger partial charge in [-0.2, -0.15) is 0 Å². The first kappa shape index (κ1) is 15.4. The van der Waals surface area contributed by atoms with E-state index in [9.17, 15) is 9.59 Å². The predicted octanol–water partition coefficient (Wildman–Crippen LogP) is 3.65. The van der Waals surface area contributed by atoms with Crippen LogP contribution in [-0.4, -0.2) is 21.7 Å². The van der Waals surface area contributed by atoms with Crippen LogP contribution in [0.2, 0.25) is 0 Å². The topological polar surface area (TPSA) is 72.0 Å². The van der Waals surface area contributed by atoms with Gasteiger partial charge >= 0.3 is 0 Å². The molecule has 3 aromatic rings. The number of benzene rings is 2. The maximum Gasteiger partial charge on any atom is 0.258 e. The first-order valence-corrected chi connectivity index (χ1v) is 8.30. The molecule has 0 saturated heterocycles. The van der Waals surface area contributed by atoms with Gasteiger partial charge in [0.1, 0.15) is 0 Å². The molecular formula is C20H17N3O2. The fourth-order valence-electron chi connectivity index (χ4n) is 3.29. The zero-order chi connectivity index (χ0) is 17.4. The van der Waals surface area contributed by atoms with Crippen LogP contribution in [0.4, 0.5) is 5.95 Å². The second-order valence-corrected chi connectivity index (χ2v) is 6.47. The lowest BCUT2D eigenvalue weighted by Gasteiger charge is -2.19. The number of hydrogen-bond acceptors (Lipinski definition) is 4. The van der Waals surface area contributed by atoms with E-state index in [-0.39, 0.29) is 23.6 Å². The number of carbonyl (C=O) groups excluding carboxylic acids is 2. The third-order valence-corrected chi connectivity index (χ3v) is 4.50. The number of nitrogens with zero attached hydrogens (tertiary/aromatic N) is 2. The SMILES string of the molecule is C[C@H]1CC(=O)c2cnc(NC(=O)c3cccc4ccccc34)nc2C1. The third-order valence-electron chi connectivity index (χ3n) is 4.50. The second kappa shape index (κ2) is 6.09. The van der Waals surface area contributed by atoms with Gasteiger partial charge in [-0.1, -0.05) is 43.3 Å². The van der Waals surface area contributed by atoms with E-state index in [4.69, 9.17) is 0 Å². The summed E-state index contributed by atoms with van der Waals surface area (Å²) >= 11 is 0. The molecule has 1 aliphatic carbocycles. The van der Waals surface area contributed by atoms with Gasteiger partial charge in [-0.15, -0.1) is 0 Å². The molecule has 1 heterocycles. The molecule has 124 valence electrons. The number of nitrogens with one attached hydrogen (secondary N) is 1. The van der Waals surface area contributed by atoms with Crippen molar-refractivity contribution in [1.82, 2.24) is 9.97 Å². The van der Waals surface area contributed by atoms with Crippen LogP contribution in [0, 0.1) is 5.92 Å². The van der Waals surface area contributed by atoms with E-state index >= 15 is 0 Å². The molecule has 0 fully saturated rings. The second-order valence-electron chi connectivity index (χ2n) is 6.47. The van der Waals surface area contributed by atoms with Gasteiger partial charge in [0.2, 0.25) is 5.95 Å². The Bertz CT molecular complexity index is 992. The average Bonchev–Trinajstić information content (AvgIpc) is 2.60. The lowest BCUT2D eigenvalue weighted by atomic mass is 9.88. The molecule has 5 heteroatoms. The first-order chi connectivity index (χ1) is 12.1. The number of aromatic nitrogens is 2. The molecule has 5 nitrogen and oxygen atoms in total. The minimum Gasteiger partial charge on any atom is -0.294 e. The normalized spacial score (nSPS) is 16.5. The lowest BCUT2D eigenvalue weighted by Crippen LogP contribution is -2.22. The van der Waals surface area contributed by atoms with E-state index in [1.54, 1.807) is 6.07 Å². The van der Waals surface area contributed by atoms with Gasteiger partial charge in [-0.05, 0) is 29.2 Å². The van der Waals surface area contributed by atoms with Gasteiger partial charge < -0.3 is 0 Å². The molecule has 1 N–H and O–H groups in total. The van der Waals surface area contributed by atoms with Gasteiger partial charge in [-0.3, -0.25) is 14.9 Å². The highest BCUT2D eigenvalue weighted by molar-refractivity contribution is 6.12. The van der Waals surface area contributed by atoms with Crippen LogP contribution < -0.4 is 5.32 Å². The van der Waals surface area contributed by atoms with Crippen molar-refractivity contribution in [3.8, 4) is 0 Å². The highest BCUT2D eigenvalue weighted by atomic mass is 16.1. The molecule has 0 bridgehead atoms. The van der Waals surface area contributed by atoms with Crippen LogP contribution in [0.15, 0.2) is 48.7 Å². The summed E-state index contributed by atoms with van der Waals surface area (Å²) in [5, 5.41) is 4.64. The summed E-state index contributed by atoms with van der Waals surface area (Å²) < 4.78 is 0. The van der Waals surface area contributed by atoms with Crippen molar-refractivity contribution in [2.75, 3.05) is 5.32 Å². The maximum absolute atomic E-state index is 12.7. The summed E-state index contributed by atoms with van der Waals surface area (Å²) in [5.74, 6) is 0.308. The molecule has 0 unspecified atom stereocenters. The molecule has 0 saturated carbocycles. The molecule has 1 amide bonds. The Morgan fingerprint density at radius 3 is 2.80 bits per heavy atom. The summed E-state index contributed by atoms with van der Waals surface area (Å²) in [4.78, 5) is 33.2. The molecular weight excluding hydrogens is 314 g/mol. The number of anilines is 1. The zero-order valence-electron chi connectivity index (χ0n) is 13.8. The molecule has 4 rings (SSSR count). The highest BCUT2D eigenvalue weighted by Gasteiger charge is 2.24. The molecule has 0 radical (unpaired) electrons. The van der Waals surface area contributed by atoms with E-state index < -0.39 is 0 Å². The van der Waals surface area contributed by atoms with E-state index in [0.29, 0.717) is 23.2 Å². The quantitative estimate of drug-likeness (QED) is 0.778. The van der Waals surface area contributed by atoms with Gasteiger partial charge in [0.15, 0.2) is 5.78 Å². The summed E-state index contributed by atoms with van der Waals surface area (Å²) in [7, 11) is 0. The van der Waals surface area contributed by atoms with Crippen molar-refractivity contribution < 1.29 is 9.59 Å². The van der Waals surface area contributed by atoms with E-state index in [1.807, 2.05) is 43.3 Å². The number of rotatable bonds is 2. The summed E-state index contributed by atoms with van der Waals surface area (Å²) in [6, 6.07) is 13.3. The van der Waals surface area contributed by atoms with Crippen molar-refractivity contribution >= 4 is 28.4 Å². The molecule has 0 spiro atoms. The van der Waals surface area contributed by atoms with Gasteiger partial charge in [0.25, 0.3) is 5.91 Å². The molecule has 1 aliphatic rings.